The lowest BCUT2D eigenvalue weighted by molar-refractivity contribution is -0.137. The van der Waals surface area contributed by atoms with Crippen LogP contribution in [-0.4, -0.2) is 50.5 Å². The Balaban J connectivity index is 1.45. The number of pyridine rings is 1. The Bertz CT molecular complexity index is 968. The van der Waals surface area contributed by atoms with Gasteiger partial charge in [0.1, 0.15) is 12.6 Å². The molecule has 0 bridgehead atoms. The van der Waals surface area contributed by atoms with Crippen LogP contribution in [0.1, 0.15) is 24.8 Å². The van der Waals surface area contributed by atoms with Crippen molar-refractivity contribution in [3.05, 3.63) is 36.4 Å². The Hall–Kier alpha value is -3.44. The highest BCUT2D eigenvalue weighted by Gasteiger charge is 2.44. The smallest absolute Gasteiger partial charge is 0.417 e. The molecule has 2 aromatic heterocycles. The van der Waals surface area contributed by atoms with E-state index in [0.717, 1.165) is 22.1 Å². The minimum atomic E-state index is -4.60. The van der Waals surface area contributed by atoms with Gasteiger partial charge in [-0.25, -0.2) is 14.8 Å². The van der Waals surface area contributed by atoms with Gasteiger partial charge in [0.05, 0.1) is 29.8 Å². The molecule has 3 heterocycles. The van der Waals surface area contributed by atoms with Gasteiger partial charge in [-0.15, -0.1) is 0 Å². The molecule has 0 aromatic carbocycles. The molecular formula is C18H17F3N6O3. The molecule has 0 unspecified atom stereocenters. The summed E-state index contributed by atoms with van der Waals surface area (Å²) in [5.41, 5.74) is 4.37. The molecule has 158 valence electrons. The van der Waals surface area contributed by atoms with E-state index in [4.69, 9.17) is 10.5 Å². The van der Waals surface area contributed by atoms with Gasteiger partial charge < -0.3 is 10.5 Å². The molecule has 1 saturated heterocycles. The SMILES string of the molecule is Nc1ncc(O[C@@H]2CC[C@H](N3C(=O)CN(c4cncc(C(F)(F)F)c4)C3=O)C2)cn1. The van der Waals surface area contributed by atoms with Gasteiger partial charge in [-0.3, -0.25) is 19.6 Å². The highest BCUT2D eigenvalue weighted by Crippen LogP contribution is 2.34. The van der Waals surface area contributed by atoms with E-state index in [1.54, 1.807) is 0 Å². The van der Waals surface area contributed by atoms with Crippen LogP contribution in [0.15, 0.2) is 30.9 Å². The number of halogens is 3. The zero-order chi connectivity index (χ0) is 21.5. The van der Waals surface area contributed by atoms with Crippen LogP contribution in [0.5, 0.6) is 5.75 Å². The van der Waals surface area contributed by atoms with Crippen LogP contribution < -0.4 is 15.4 Å². The van der Waals surface area contributed by atoms with E-state index < -0.39 is 29.7 Å². The second kappa shape index (κ2) is 7.43. The number of amides is 3. The van der Waals surface area contributed by atoms with Gasteiger partial charge in [-0.2, -0.15) is 13.2 Å². The second-order valence-electron chi connectivity index (χ2n) is 7.05. The van der Waals surface area contributed by atoms with Crippen molar-refractivity contribution in [1.82, 2.24) is 19.9 Å². The molecular weight excluding hydrogens is 405 g/mol. The highest BCUT2D eigenvalue weighted by molar-refractivity contribution is 6.12. The van der Waals surface area contributed by atoms with Gasteiger partial charge in [0, 0.05) is 18.7 Å². The van der Waals surface area contributed by atoms with Gasteiger partial charge in [0.2, 0.25) is 5.95 Å². The molecule has 1 saturated carbocycles. The van der Waals surface area contributed by atoms with Gasteiger partial charge in [0.15, 0.2) is 5.75 Å². The molecule has 0 spiro atoms. The number of alkyl halides is 3. The van der Waals surface area contributed by atoms with Crippen LogP contribution >= 0.6 is 0 Å². The summed E-state index contributed by atoms with van der Waals surface area (Å²) >= 11 is 0. The van der Waals surface area contributed by atoms with Crippen molar-refractivity contribution in [3.8, 4) is 5.75 Å². The zero-order valence-electron chi connectivity index (χ0n) is 15.5. The number of urea groups is 1. The molecule has 12 heteroatoms. The van der Waals surface area contributed by atoms with Gasteiger partial charge in [-0.1, -0.05) is 0 Å². The Kier molecular flexibility index (Phi) is 4.92. The number of nitrogen functional groups attached to an aromatic ring is 1. The molecule has 1 aliphatic carbocycles. The van der Waals surface area contributed by atoms with Crippen LogP contribution in [0, 0.1) is 0 Å². The topological polar surface area (TPSA) is 115 Å². The van der Waals surface area contributed by atoms with E-state index in [0.29, 0.717) is 31.2 Å². The summed E-state index contributed by atoms with van der Waals surface area (Å²) in [5.74, 6) is 0.0635. The Morgan fingerprint density at radius 2 is 1.83 bits per heavy atom. The predicted molar refractivity (Wildman–Crippen MR) is 97.3 cm³/mol. The third-order valence-electron chi connectivity index (χ3n) is 5.03. The number of anilines is 2. The molecule has 2 atom stereocenters. The summed E-state index contributed by atoms with van der Waals surface area (Å²) in [6.07, 6.45) is 1.33. The maximum Gasteiger partial charge on any atom is 0.417 e. The van der Waals surface area contributed by atoms with Crippen LogP contribution in [0.25, 0.3) is 0 Å². The first-order valence-electron chi connectivity index (χ1n) is 9.12. The van der Waals surface area contributed by atoms with Crippen molar-refractivity contribution in [3.63, 3.8) is 0 Å². The van der Waals surface area contributed by atoms with Crippen LogP contribution in [-0.2, 0) is 11.0 Å². The molecule has 2 N–H and O–H groups in total. The van der Waals surface area contributed by atoms with Crippen LogP contribution in [0.4, 0.5) is 29.6 Å². The summed E-state index contributed by atoms with van der Waals surface area (Å²) in [6.45, 7) is -0.338. The largest absolute Gasteiger partial charge is 0.487 e. The molecule has 9 nitrogen and oxygen atoms in total. The van der Waals surface area contributed by atoms with Crippen molar-refractivity contribution in [1.29, 1.82) is 0 Å². The highest BCUT2D eigenvalue weighted by atomic mass is 19.4. The average Bonchev–Trinajstić information content (AvgIpc) is 3.26. The molecule has 2 fully saturated rings. The van der Waals surface area contributed by atoms with E-state index in [-0.39, 0.29) is 24.3 Å². The molecule has 0 radical (unpaired) electrons. The molecule has 2 aromatic rings. The fourth-order valence-electron chi connectivity index (χ4n) is 3.65. The Morgan fingerprint density at radius 3 is 2.53 bits per heavy atom. The second-order valence-corrected chi connectivity index (χ2v) is 7.05. The van der Waals surface area contributed by atoms with Crippen molar-refractivity contribution in [2.45, 2.75) is 37.6 Å². The average molecular weight is 422 g/mol. The van der Waals surface area contributed by atoms with E-state index in [1.807, 2.05) is 0 Å². The van der Waals surface area contributed by atoms with Crippen molar-refractivity contribution in [2.24, 2.45) is 0 Å². The quantitative estimate of drug-likeness (QED) is 0.752. The minimum Gasteiger partial charge on any atom is -0.487 e. The Morgan fingerprint density at radius 1 is 1.10 bits per heavy atom. The Labute approximate surface area is 168 Å². The van der Waals surface area contributed by atoms with E-state index >= 15 is 0 Å². The van der Waals surface area contributed by atoms with Crippen molar-refractivity contribution in [2.75, 3.05) is 17.2 Å². The molecule has 1 aliphatic heterocycles. The summed E-state index contributed by atoms with van der Waals surface area (Å²) in [4.78, 5) is 38.6. The minimum absolute atomic E-state index is 0.0736. The maximum absolute atomic E-state index is 12.9. The first-order chi connectivity index (χ1) is 14.2. The number of rotatable bonds is 4. The first kappa shape index (κ1) is 19.9. The summed E-state index contributed by atoms with van der Waals surface area (Å²) in [7, 11) is 0. The fraction of sp³-hybridized carbons (Fsp3) is 0.389. The zero-order valence-corrected chi connectivity index (χ0v) is 15.5. The van der Waals surface area contributed by atoms with Gasteiger partial charge in [-0.05, 0) is 18.9 Å². The fourth-order valence-corrected chi connectivity index (χ4v) is 3.65. The van der Waals surface area contributed by atoms with Crippen LogP contribution in [0.3, 0.4) is 0 Å². The lowest BCUT2D eigenvalue weighted by atomic mass is 10.2. The number of hydrogen-bond donors (Lipinski definition) is 1. The standard InChI is InChI=1S/C18H17F3N6O3/c19-18(20,21)10-3-12(6-23-5-10)26-9-15(28)27(17(26)29)11-1-2-13(4-11)30-14-7-24-16(22)25-8-14/h3,5-8,11,13H,1-2,4,9H2,(H2,22,24,25)/t11-,13+/m0/s1. The number of imide groups is 1. The van der Waals surface area contributed by atoms with E-state index in [2.05, 4.69) is 15.0 Å². The lowest BCUT2D eigenvalue weighted by Gasteiger charge is -2.23. The van der Waals surface area contributed by atoms with E-state index in [9.17, 15) is 22.8 Å². The number of carbonyl (C=O) groups excluding carboxylic acids is 2. The van der Waals surface area contributed by atoms with E-state index in [1.165, 1.54) is 12.4 Å². The van der Waals surface area contributed by atoms with Crippen LogP contribution in [0.2, 0.25) is 0 Å². The maximum atomic E-state index is 12.9. The summed E-state index contributed by atoms with van der Waals surface area (Å²) in [5, 5.41) is 0. The molecule has 4 rings (SSSR count). The van der Waals surface area contributed by atoms with Crippen molar-refractivity contribution < 1.29 is 27.5 Å². The number of hydrogen-bond acceptors (Lipinski definition) is 7. The van der Waals surface area contributed by atoms with Crippen molar-refractivity contribution >= 4 is 23.6 Å². The third kappa shape index (κ3) is 3.84. The van der Waals surface area contributed by atoms with Gasteiger partial charge >= 0.3 is 12.2 Å². The normalized spacial score (nSPS) is 22.1. The molecule has 30 heavy (non-hydrogen) atoms. The molecule has 2 aliphatic rings. The predicted octanol–water partition coefficient (Wildman–Crippen LogP) is 2.24. The summed E-state index contributed by atoms with van der Waals surface area (Å²) in [6, 6.07) is -0.264. The monoisotopic (exact) mass is 422 g/mol. The lowest BCUT2D eigenvalue weighted by Crippen LogP contribution is -2.40. The van der Waals surface area contributed by atoms with Gasteiger partial charge in [0.25, 0.3) is 5.91 Å². The first-order valence-corrected chi connectivity index (χ1v) is 9.12. The number of aromatic nitrogens is 3. The summed E-state index contributed by atoms with van der Waals surface area (Å²) < 4.78 is 44.6. The number of ether oxygens (including phenoxy) is 1. The third-order valence-corrected chi connectivity index (χ3v) is 5.03. The molecule has 3 amide bonds. The number of nitrogens with zero attached hydrogens (tertiary/aromatic N) is 5. The number of carbonyl (C=O) groups is 2. The number of nitrogens with two attached hydrogens (primary N) is 1.